The van der Waals surface area contributed by atoms with Crippen molar-refractivity contribution in [1.82, 2.24) is 10.2 Å². The van der Waals surface area contributed by atoms with Gasteiger partial charge in [0.1, 0.15) is 0 Å². The summed E-state index contributed by atoms with van der Waals surface area (Å²) in [6.07, 6.45) is 1.04. The summed E-state index contributed by atoms with van der Waals surface area (Å²) in [6, 6.07) is 0. The van der Waals surface area contributed by atoms with Gasteiger partial charge in [0.25, 0.3) is 0 Å². The van der Waals surface area contributed by atoms with Crippen LogP contribution in [-0.2, 0) is 9.59 Å². The maximum absolute atomic E-state index is 12.1. The number of rotatable bonds is 3. The third-order valence-electron chi connectivity index (χ3n) is 3.83. The molecule has 0 spiro atoms. The molecule has 0 aliphatic carbocycles. The van der Waals surface area contributed by atoms with Crippen LogP contribution in [0.2, 0.25) is 0 Å². The summed E-state index contributed by atoms with van der Waals surface area (Å²) in [5.74, 6) is -0.732. The predicted molar refractivity (Wildman–Crippen MR) is 64.7 cm³/mol. The van der Waals surface area contributed by atoms with Crippen LogP contribution in [0.25, 0.3) is 0 Å². The number of hydrogen-bond donors (Lipinski definition) is 2. The van der Waals surface area contributed by atoms with Crippen molar-refractivity contribution in [2.24, 2.45) is 5.41 Å². The molecular weight excluding hydrogens is 220 g/mol. The molecule has 0 unspecified atom stereocenters. The second-order valence-corrected chi connectivity index (χ2v) is 5.53. The first-order valence-corrected chi connectivity index (χ1v) is 5.95. The van der Waals surface area contributed by atoms with E-state index in [4.69, 9.17) is 5.11 Å². The molecule has 1 fully saturated rings. The van der Waals surface area contributed by atoms with Gasteiger partial charge in [-0.25, -0.2) is 0 Å². The van der Waals surface area contributed by atoms with Crippen molar-refractivity contribution in [3.8, 4) is 0 Å². The summed E-state index contributed by atoms with van der Waals surface area (Å²) in [7, 11) is 1.75. The van der Waals surface area contributed by atoms with Crippen LogP contribution in [0.15, 0.2) is 0 Å². The Morgan fingerprint density at radius 2 is 1.76 bits per heavy atom. The smallest absolute Gasteiger partial charge is 0.309 e. The van der Waals surface area contributed by atoms with Gasteiger partial charge in [0.05, 0.1) is 11.0 Å². The molecule has 98 valence electrons. The van der Waals surface area contributed by atoms with E-state index in [1.54, 1.807) is 18.9 Å². The Kier molecular flexibility index (Phi) is 3.81. The van der Waals surface area contributed by atoms with Gasteiger partial charge in [-0.15, -0.1) is 0 Å². The SMILES string of the molecule is CNC(C)(C)C(=O)N1CCC(C)(C(=O)O)CC1. The maximum Gasteiger partial charge on any atom is 0.309 e. The van der Waals surface area contributed by atoms with Crippen molar-refractivity contribution in [2.75, 3.05) is 20.1 Å². The first kappa shape index (κ1) is 14.0. The second-order valence-electron chi connectivity index (χ2n) is 5.53. The highest BCUT2D eigenvalue weighted by Gasteiger charge is 2.40. The van der Waals surface area contributed by atoms with E-state index in [0.717, 1.165) is 0 Å². The van der Waals surface area contributed by atoms with Crippen LogP contribution in [0, 0.1) is 5.41 Å². The Morgan fingerprint density at radius 3 is 2.12 bits per heavy atom. The highest BCUT2D eigenvalue weighted by Crippen LogP contribution is 2.31. The molecule has 5 heteroatoms. The first-order chi connectivity index (χ1) is 7.73. The van der Waals surface area contributed by atoms with Crippen LogP contribution >= 0.6 is 0 Å². The van der Waals surface area contributed by atoms with Crippen LogP contribution in [0.5, 0.6) is 0 Å². The summed E-state index contributed by atoms with van der Waals surface area (Å²) in [5.41, 5.74) is -1.27. The molecule has 1 amide bonds. The number of likely N-dealkylation sites (tertiary alicyclic amines) is 1. The van der Waals surface area contributed by atoms with E-state index >= 15 is 0 Å². The lowest BCUT2D eigenvalue weighted by Gasteiger charge is -2.39. The van der Waals surface area contributed by atoms with E-state index in [2.05, 4.69) is 5.32 Å². The predicted octanol–water partition coefficient (Wildman–Crippen LogP) is 0.698. The Hall–Kier alpha value is -1.10. The molecule has 0 aromatic rings. The molecule has 0 bridgehead atoms. The molecule has 1 saturated heterocycles. The quantitative estimate of drug-likeness (QED) is 0.764. The van der Waals surface area contributed by atoms with E-state index in [9.17, 15) is 9.59 Å². The van der Waals surface area contributed by atoms with E-state index < -0.39 is 16.9 Å². The van der Waals surface area contributed by atoms with E-state index in [1.807, 2.05) is 13.8 Å². The van der Waals surface area contributed by atoms with Crippen LogP contribution < -0.4 is 5.32 Å². The molecule has 0 saturated carbocycles. The molecule has 5 nitrogen and oxygen atoms in total. The highest BCUT2D eigenvalue weighted by molar-refractivity contribution is 5.86. The number of hydrogen-bond acceptors (Lipinski definition) is 3. The number of nitrogens with zero attached hydrogens (tertiary/aromatic N) is 1. The first-order valence-electron chi connectivity index (χ1n) is 5.95. The van der Waals surface area contributed by atoms with Gasteiger partial charge in [0, 0.05) is 13.1 Å². The van der Waals surface area contributed by atoms with Crippen molar-refractivity contribution < 1.29 is 14.7 Å². The lowest BCUT2D eigenvalue weighted by molar-refractivity contribution is -0.154. The second kappa shape index (κ2) is 4.64. The number of likely N-dealkylation sites (N-methyl/N-ethyl adjacent to an activating group) is 1. The Labute approximate surface area is 102 Å². The van der Waals surface area contributed by atoms with Gasteiger partial charge in [0.15, 0.2) is 0 Å². The average Bonchev–Trinajstić information content (AvgIpc) is 2.29. The number of carbonyl (C=O) groups excluding carboxylic acids is 1. The van der Waals surface area contributed by atoms with Gasteiger partial charge in [-0.05, 0) is 40.7 Å². The zero-order valence-electron chi connectivity index (χ0n) is 11.0. The zero-order valence-corrected chi connectivity index (χ0v) is 11.0. The fourth-order valence-electron chi connectivity index (χ4n) is 1.92. The molecule has 1 rings (SSSR count). The van der Waals surface area contributed by atoms with Gasteiger partial charge in [0.2, 0.25) is 5.91 Å². The van der Waals surface area contributed by atoms with Crippen LogP contribution in [0.4, 0.5) is 0 Å². The topological polar surface area (TPSA) is 69.6 Å². The molecule has 0 aromatic heterocycles. The Bertz CT molecular complexity index is 318. The number of amides is 1. The molecule has 0 aromatic carbocycles. The molecule has 17 heavy (non-hydrogen) atoms. The fraction of sp³-hybridized carbons (Fsp3) is 0.833. The average molecular weight is 242 g/mol. The zero-order chi connectivity index (χ0) is 13.3. The number of nitrogens with one attached hydrogen (secondary N) is 1. The van der Waals surface area contributed by atoms with Crippen LogP contribution in [-0.4, -0.2) is 47.6 Å². The number of aliphatic carboxylic acids is 1. The summed E-state index contributed by atoms with van der Waals surface area (Å²) < 4.78 is 0. The van der Waals surface area contributed by atoms with Crippen molar-refractivity contribution in [1.29, 1.82) is 0 Å². The third kappa shape index (κ3) is 2.77. The lowest BCUT2D eigenvalue weighted by atomic mass is 9.80. The number of piperidine rings is 1. The summed E-state index contributed by atoms with van der Waals surface area (Å²) >= 11 is 0. The van der Waals surface area contributed by atoms with Gasteiger partial charge in [-0.2, -0.15) is 0 Å². The molecule has 0 atom stereocenters. The molecule has 1 aliphatic rings. The van der Waals surface area contributed by atoms with Gasteiger partial charge in [-0.3, -0.25) is 9.59 Å². The Balaban J connectivity index is 2.65. The normalized spacial score (nSPS) is 20.1. The van der Waals surface area contributed by atoms with Crippen molar-refractivity contribution >= 4 is 11.9 Å². The summed E-state index contributed by atoms with van der Waals surface area (Å²) in [4.78, 5) is 25.0. The fourth-order valence-corrected chi connectivity index (χ4v) is 1.92. The molecule has 1 heterocycles. The van der Waals surface area contributed by atoms with Crippen molar-refractivity contribution in [3.63, 3.8) is 0 Å². The molecular formula is C12H22N2O3. The number of carboxylic acids is 1. The van der Waals surface area contributed by atoms with Crippen LogP contribution in [0.3, 0.4) is 0 Å². The van der Waals surface area contributed by atoms with Gasteiger partial charge in [-0.1, -0.05) is 0 Å². The van der Waals surface area contributed by atoms with Crippen molar-refractivity contribution in [2.45, 2.75) is 39.2 Å². The maximum atomic E-state index is 12.1. The highest BCUT2D eigenvalue weighted by atomic mass is 16.4. The van der Waals surface area contributed by atoms with Gasteiger partial charge >= 0.3 is 5.97 Å². The monoisotopic (exact) mass is 242 g/mol. The Morgan fingerprint density at radius 1 is 1.29 bits per heavy atom. The number of carboxylic acid groups (broad SMARTS) is 1. The largest absolute Gasteiger partial charge is 0.481 e. The van der Waals surface area contributed by atoms with Crippen molar-refractivity contribution in [3.05, 3.63) is 0 Å². The van der Waals surface area contributed by atoms with E-state index in [0.29, 0.717) is 25.9 Å². The minimum absolute atomic E-state index is 0.0347. The lowest BCUT2D eigenvalue weighted by Crippen LogP contribution is -2.56. The third-order valence-corrected chi connectivity index (χ3v) is 3.83. The molecule has 1 aliphatic heterocycles. The minimum Gasteiger partial charge on any atom is -0.481 e. The van der Waals surface area contributed by atoms with E-state index in [-0.39, 0.29) is 5.91 Å². The molecule has 0 radical (unpaired) electrons. The standard InChI is InChI=1S/C12H22N2O3/c1-11(2,13-4)9(15)14-7-5-12(3,6-8-14)10(16)17/h13H,5-8H2,1-4H3,(H,16,17). The van der Waals surface area contributed by atoms with E-state index in [1.165, 1.54) is 0 Å². The summed E-state index contributed by atoms with van der Waals surface area (Å²) in [5, 5.41) is 12.1. The van der Waals surface area contributed by atoms with Crippen LogP contribution in [0.1, 0.15) is 33.6 Å². The number of carbonyl (C=O) groups is 2. The van der Waals surface area contributed by atoms with Gasteiger partial charge < -0.3 is 15.3 Å². The molecule has 2 N–H and O–H groups in total. The minimum atomic E-state index is -0.766. The summed E-state index contributed by atoms with van der Waals surface area (Å²) in [6.45, 7) is 6.46.